The van der Waals surface area contributed by atoms with Gasteiger partial charge in [0.05, 0.1) is 5.69 Å². The first kappa shape index (κ1) is 19.3. The molecule has 30 heavy (non-hydrogen) atoms. The van der Waals surface area contributed by atoms with Crippen LogP contribution in [0, 0.1) is 0 Å². The Hall–Kier alpha value is -4.00. The molecule has 0 bridgehead atoms. The fourth-order valence-corrected chi connectivity index (χ4v) is 3.02. The molecule has 152 valence electrons. The van der Waals surface area contributed by atoms with E-state index in [2.05, 4.69) is 5.32 Å². The summed E-state index contributed by atoms with van der Waals surface area (Å²) >= 11 is 0. The lowest BCUT2D eigenvalue weighted by Crippen LogP contribution is -2.58. The van der Waals surface area contributed by atoms with Gasteiger partial charge in [0.25, 0.3) is 0 Å². The second-order valence-electron chi connectivity index (χ2n) is 6.73. The minimum Gasteiger partial charge on any atom is -0.485 e. The maximum absolute atomic E-state index is 12.5. The average Bonchev–Trinajstić information content (AvgIpc) is 2.78. The van der Waals surface area contributed by atoms with E-state index in [0.29, 0.717) is 29.5 Å². The van der Waals surface area contributed by atoms with E-state index in [1.54, 1.807) is 18.2 Å². The number of urea groups is 2. The number of carbonyl (C=O) groups is 2. The van der Waals surface area contributed by atoms with Gasteiger partial charge in [-0.1, -0.05) is 48.5 Å². The van der Waals surface area contributed by atoms with Gasteiger partial charge in [-0.3, -0.25) is 4.90 Å². The summed E-state index contributed by atoms with van der Waals surface area (Å²) in [6.45, 7) is 0.430. The lowest BCUT2D eigenvalue weighted by molar-refractivity contribution is 0.190. The van der Waals surface area contributed by atoms with Crippen LogP contribution >= 0.6 is 0 Å². The lowest BCUT2D eigenvalue weighted by atomic mass is 10.2. The topological polar surface area (TPSA) is 71.1 Å². The Labute approximate surface area is 174 Å². The molecule has 0 unspecified atom stereocenters. The third-order valence-corrected chi connectivity index (χ3v) is 4.66. The van der Waals surface area contributed by atoms with E-state index in [9.17, 15) is 9.59 Å². The standard InChI is InChI=1S/C23H21N3O4/c1-25-22(27)24-16-26(23(25)28)18-12-13-20(30-19-10-6-3-7-11-19)21(14-18)29-15-17-8-4-2-5-9-17/h2-14H,15-16H2,1H3,(H,24,27). The average molecular weight is 403 g/mol. The smallest absolute Gasteiger partial charge is 0.333 e. The maximum Gasteiger partial charge on any atom is 0.333 e. The first-order chi connectivity index (χ1) is 14.6. The number of nitrogens with zero attached hydrogens (tertiary/aromatic N) is 2. The predicted octanol–water partition coefficient (Wildman–Crippen LogP) is 4.60. The molecule has 1 saturated heterocycles. The van der Waals surface area contributed by atoms with Crippen LogP contribution in [0.4, 0.5) is 15.3 Å². The molecule has 1 aliphatic heterocycles. The van der Waals surface area contributed by atoms with Gasteiger partial charge >= 0.3 is 12.1 Å². The van der Waals surface area contributed by atoms with E-state index in [4.69, 9.17) is 9.47 Å². The summed E-state index contributed by atoms with van der Waals surface area (Å²) in [7, 11) is 1.43. The maximum atomic E-state index is 12.5. The van der Waals surface area contributed by atoms with Gasteiger partial charge in [-0.05, 0) is 29.8 Å². The van der Waals surface area contributed by atoms with Crippen molar-refractivity contribution >= 4 is 17.7 Å². The van der Waals surface area contributed by atoms with Crippen LogP contribution in [0.25, 0.3) is 0 Å². The number of hydrogen-bond donors (Lipinski definition) is 1. The summed E-state index contributed by atoms with van der Waals surface area (Å²) < 4.78 is 12.0. The molecular weight excluding hydrogens is 382 g/mol. The summed E-state index contributed by atoms with van der Waals surface area (Å²) in [6, 6.07) is 23.6. The molecule has 3 aromatic carbocycles. The number of anilines is 1. The molecule has 0 aliphatic carbocycles. The Balaban J connectivity index is 1.63. The molecule has 4 rings (SSSR count). The number of para-hydroxylation sites is 1. The van der Waals surface area contributed by atoms with Crippen molar-refractivity contribution in [3.8, 4) is 17.2 Å². The van der Waals surface area contributed by atoms with Crippen molar-refractivity contribution in [1.82, 2.24) is 10.2 Å². The van der Waals surface area contributed by atoms with Crippen molar-refractivity contribution in [2.45, 2.75) is 6.61 Å². The second-order valence-corrected chi connectivity index (χ2v) is 6.73. The van der Waals surface area contributed by atoms with Crippen LogP contribution in [0.5, 0.6) is 17.2 Å². The zero-order valence-corrected chi connectivity index (χ0v) is 16.4. The Morgan fingerprint density at radius 2 is 1.60 bits per heavy atom. The molecule has 0 atom stereocenters. The van der Waals surface area contributed by atoms with Crippen LogP contribution in [-0.2, 0) is 6.61 Å². The summed E-state index contributed by atoms with van der Waals surface area (Å²) in [5, 5.41) is 2.66. The summed E-state index contributed by atoms with van der Waals surface area (Å²) in [6.07, 6.45) is 0. The quantitative estimate of drug-likeness (QED) is 0.653. The van der Waals surface area contributed by atoms with E-state index < -0.39 is 12.1 Å². The molecule has 1 heterocycles. The van der Waals surface area contributed by atoms with Crippen LogP contribution < -0.4 is 19.7 Å². The van der Waals surface area contributed by atoms with E-state index in [-0.39, 0.29) is 6.67 Å². The van der Waals surface area contributed by atoms with Crippen LogP contribution in [0.1, 0.15) is 5.56 Å². The third kappa shape index (κ3) is 4.20. The van der Waals surface area contributed by atoms with Crippen molar-refractivity contribution in [1.29, 1.82) is 0 Å². The number of nitrogens with one attached hydrogen (secondary N) is 1. The van der Waals surface area contributed by atoms with Gasteiger partial charge in [-0.15, -0.1) is 0 Å². The molecule has 3 aromatic rings. The molecule has 4 amide bonds. The third-order valence-electron chi connectivity index (χ3n) is 4.66. The molecule has 0 saturated carbocycles. The second kappa shape index (κ2) is 8.57. The molecule has 1 N–H and O–H groups in total. The van der Waals surface area contributed by atoms with Crippen molar-refractivity contribution in [3.05, 3.63) is 84.4 Å². The minimum absolute atomic E-state index is 0.0824. The van der Waals surface area contributed by atoms with Gasteiger partial charge in [-0.25, -0.2) is 14.5 Å². The number of carbonyl (C=O) groups excluding carboxylic acids is 2. The monoisotopic (exact) mass is 403 g/mol. The highest BCUT2D eigenvalue weighted by Gasteiger charge is 2.30. The largest absolute Gasteiger partial charge is 0.485 e. The van der Waals surface area contributed by atoms with Gasteiger partial charge in [0.1, 0.15) is 19.0 Å². The number of ether oxygens (including phenoxy) is 2. The number of benzene rings is 3. The van der Waals surface area contributed by atoms with Crippen LogP contribution in [0.15, 0.2) is 78.9 Å². The summed E-state index contributed by atoms with van der Waals surface area (Å²) in [5.41, 5.74) is 1.60. The highest BCUT2D eigenvalue weighted by atomic mass is 16.5. The van der Waals surface area contributed by atoms with E-state index in [1.807, 2.05) is 60.7 Å². The number of rotatable bonds is 6. The fraction of sp³-hybridized carbons (Fsp3) is 0.130. The van der Waals surface area contributed by atoms with Crippen LogP contribution in [0.2, 0.25) is 0 Å². The Bertz CT molecular complexity index is 1040. The highest BCUT2D eigenvalue weighted by molar-refractivity contribution is 6.04. The van der Waals surface area contributed by atoms with E-state index in [1.165, 1.54) is 11.9 Å². The first-order valence-electron chi connectivity index (χ1n) is 9.48. The van der Waals surface area contributed by atoms with Crippen LogP contribution in [0.3, 0.4) is 0 Å². The van der Waals surface area contributed by atoms with Crippen LogP contribution in [-0.4, -0.2) is 30.7 Å². The first-order valence-corrected chi connectivity index (χ1v) is 9.48. The molecule has 1 fully saturated rings. The normalized spacial score (nSPS) is 13.8. The summed E-state index contributed by atoms with van der Waals surface area (Å²) in [4.78, 5) is 26.7. The van der Waals surface area contributed by atoms with Gasteiger partial charge in [0.15, 0.2) is 11.5 Å². The molecule has 0 spiro atoms. The molecule has 1 aliphatic rings. The molecule has 7 heteroatoms. The number of amides is 4. The zero-order valence-electron chi connectivity index (χ0n) is 16.4. The number of imide groups is 1. The molecule has 0 radical (unpaired) electrons. The molecular formula is C23H21N3O4. The Kier molecular flexibility index (Phi) is 5.52. The lowest BCUT2D eigenvalue weighted by Gasteiger charge is -2.32. The molecule has 7 nitrogen and oxygen atoms in total. The Morgan fingerprint density at radius 1 is 0.900 bits per heavy atom. The Morgan fingerprint density at radius 3 is 2.33 bits per heavy atom. The van der Waals surface area contributed by atoms with E-state index in [0.717, 1.165) is 10.5 Å². The zero-order chi connectivity index (χ0) is 20.9. The molecule has 0 aromatic heterocycles. The van der Waals surface area contributed by atoms with Crippen molar-refractivity contribution in [2.75, 3.05) is 18.6 Å². The van der Waals surface area contributed by atoms with E-state index >= 15 is 0 Å². The summed E-state index contributed by atoms with van der Waals surface area (Å²) in [5.74, 6) is 1.70. The number of hydrogen-bond acceptors (Lipinski definition) is 4. The van der Waals surface area contributed by atoms with Gasteiger partial charge < -0.3 is 14.8 Å². The van der Waals surface area contributed by atoms with Crippen molar-refractivity contribution < 1.29 is 19.1 Å². The fourth-order valence-electron chi connectivity index (χ4n) is 3.02. The highest BCUT2D eigenvalue weighted by Crippen LogP contribution is 2.36. The SMILES string of the molecule is CN1C(=O)NCN(c2ccc(Oc3ccccc3)c(OCc3ccccc3)c2)C1=O. The van der Waals surface area contributed by atoms with Gasteiger partial charge in [0, 0.05) is 13.1 Å². The minimum atomic E-state index is -0.430. The van der Waals surface area contributed by atoms with Crippen molar-refractivity contribution in [3.63, 3.8) is 0 Å². The predicted molar refractivity (Wildman–Crippen MR) is 113 cm³/mol. The van der Waals surface area contributed by atoms with Gasteiger partial charge in [-0.2, -0.15) is 0 Å². The van der Waals surface area contributed by atoms with Gasteiger partial charge in [0.2, 0.25) is 0 Å². The van der Waals surface area contributed by atoms with Crippen molar-refractivity contribution in [2.24, 2.45) is 0 Å².